The molecule has 0 unspecified atom stereocenters. The first-order valence-corrected chi connectivity index (χ1v) is 8.67. The van der Waals surface area contributed by atoms with Crippen molar-refractivity contribution in [3.63, 3.8) is 0 Å². The van der Waals surface area contributed by atoms with Crippen LogP contribution in [0.25, 0.3) is 10.8 Å². The normalized spacial score (nSPS) is 10.5. The lowest BCUT2D eigenvalue weighted by molar-refractivity contribution is -0.123. The monoisotopic (exact) mass is 399 g/mol. The summed E-state index contributed by atoms with van der Waals surface area (Å²) in [7, 11) is 1.61. The second-order valence-electron chi connectivity index (χ2n) is 5.48. The van der Waals surface area contributed by atoms with Crippen molar-refractivity contribution in [3.05, 3.63) is 70.7 Å². The van der Waals surface area contributed by atoms with Gasteiger partial charge in [-0.15, -0.1) is 0 Å². The summed E-state index contributed by atoms with van der Waals surface area (Å²) in [5.74, 6) is 1.21. The zero-order chi connectivity index (χ0) is 17.6. The fraction of sp³-hybridized carbons (Fsp3) is 0.150. The average Bonchev–Trinajstić information content (AvgIpc) is 2.66. The van der Waals surface area contributed by atoms with Crippen LogP contribution >= 0.6 is 15.9 Å². The standard InChI is InChI=1S/C20H18BrNO3/c1-24-17-9-5-3-7-15(17)12-22-19(23)13-25-18-11-10-14-6-2-4-8-16(14)20(18)21/h2-11H,12-13H2,1H3,(H,22,23). The Balaban J connectivity index is 1.60. The molecule has 1 N–H and O–H groups in total. The third kappa shape index (κ3) is 4.12. The first-order chi connectivity index (χ1) is 12.2. The lowest BCUT2D eigenvalue weighted by Crippen LogP contribution is -2.28. The molecule has 0 saturated heterocycles. The van der Waals surface area contributed by atoms with E-state index in [1.807, 2.05) is 60.7 Å². The average molecular weight is 400 g/mol. The van der Waals surface area contributed by atoms with Gasteiger partial charge in [-0.3, -0.25) is 4.79 Å². The number of hydrogen-bond donors (Lipinski definition) is 1. The lowest BCUT2D eigenvalue weighted by Gasteiger charge is -2.12. The molecule has 1 amide bonds. The molecule has 5 heteroatoms. The van der Waals surface area contributed by atoms with Crippen LogP contribution in [0.3, 0.4) is 0 Å². The van der Waals surface area contributed by atoms with Crippen molar-refractivity contribution >= 4 is 32.6 Å². The van der Waals surface area contributed by atoms with Gasteiger partial charge < -0.3 is 14.8 Å². The van der Waals surface area contributed by atoms with Crippen molar-refractivity contribution in [1.29, 1.82) is 0 Å². The van der Waals surface area contributed by atoms with E-state index in [1.54, 1.807) is 7.11 Å². The molecule has 0 bridgehead atoms. The van der Waals surface area contributed by atoms with Crippen LogP contribution in [-0.2, 0) is 11.3 Å². The Labute approximate surface area is 154 Å². The second-order valence-corrected chi connectivity index (χ2v) is 6.27. The van der Waals surface area contributed by atoms with Gasteiger partial charge in [0.05, 0.1) is 11.6 Å². The van der Waals surface area contributed by atoms with Crippen molar-refractivity contribution in [3.8, 4) is 11.5 Å². The van der Waals surface area contributed by atoms with E-state index < -0.39 is 0 Å². The molecule has 0 aliphatic carbocycles. The SMILES string of the molecule is COc1ccccc1CNC(=O)COc1ccc2ccccc2c1Br. The lowest BCUT2D eigenvalue weighted by atomic mass is 10.1. The molecule has 128 valence electrons. The smallest absolute Gasteiger partial charge is 0.258 e. The summed E-state index contributed by atoms with van der Waals surface area (Å²) in [6.45, 7) is 0.344. The Morgan fingerprint density at radius 3 is 2.60 bits per heavy atom. The van der Waals surface area contributed by atoms with E-state index in [0.717, 1.165) is 26.6 Å². The van der Waals surface area contributed by atoms with Crippen molar-refractivity contribution in [2.45, 2.75) is 6.54 Å². The molecule has 3 aromatic rings. The van der Waals surface area contributed by atoms with Gasteiger partial charge in [0.15, 0.2) is 6.61 Å². The molecule has 0 aromatic heterocycles. The maximum Gasteiger partial charge on any atom is 0.258 e. The number of carbonyl (C=O) groups is 1. The Morgan fingerprint density at radius 1 is 1.00 bits per heavy atom. The van der Waals surface area contributed by atoms with E-state index in [0.29, 0.717) is 12.3 Å². The number of amides is 1. The molecule has 0 aliphatic rings. The highest BCUT2D eigenvalue weighted by atomic mass is 79.9. The minimum atomic E-state index is -0.189. The van der Waals surface area contributed by atoms with E-state index in [1.165, 1.54) is 0 Å². The highest BCUT2D eigenvalue weighted by molar-refractivity contribution is 9.10. The Bertz CT molecular complexity index is 895. The quantitative estimate of drug-likeness (QED) is 0.671. The fourth-order valence-electron chi connectivity index (χ4n) is 2.56. The molecule has 0 spiro atoms. The Morgan fingerprint density at radius 2 is 1.76 bits per heavy atom. The van der Waals surface area contributed by atoms with Gasteiger partial charge in [-0.2, -0.15) is 0 Å². The number of benzene rings is 3. The van der Waals surface area contributed by atoms with Crippen LogP contribution in [0.4, 0.5) is 0 Å². The molecule has 4 nitrogen and oxygen atoms in total. The molecule has 3 rings (SSSR count). The Hall–Kier alpha value is -2.53. The van der Waals surface area contributed by atoms with Gasteiger partial charge in [-0.05, 0) is 38.8 Å². The maximum atomic E-state index is 12.1. The van der Waals surface area contributed by atoms with Crippen molar-refractivity contribution < 1.29 is 14.3 Å². The number of carbonyl (C=O) groups excluding carboxylic acids is 1. The van der Waals surface area contributed by atoms with Gasteiger partial charge in [0.25, 0.3) is 5.91 Å². The topological polar surface area (TPSA) is 47.6 Å². The highest BCUT2D eigenvalue weighted by Gasteiger charge is 2.09. The largest absolute Gasteiger partial charge is 0.496 e. The first kappa shape index (κ1) is 17.3. The molecular formula is C20H18BrNO3. The number of halogens is 1. The molecule has 0 atom stereocenters. The summed E-state index contributed by atoms with van der Waals surface area (Å²) in [5.41, 5.74) is 0.922. The van der Waals surface area contributed by atoms with E-state index in [4.69, 9.17) is 9.47 Å². The number of ether oxygens (including phenoxy) is 2. The van der Waals surface area contributed by atoms with Crippen LogP contribution in [-0.4, -0.2) is 19.6 Å². The van der Waals surface area contributed by atoms with Gasteiger partial charge in [-0.25, -0.2) is 0 Å². The molecule has 0 saturated carbocycles. The van der Waals surface area contributed by atoms with E-state index in [-0.39, 0.29) is 12.5 Å². The van der Waals surface area contributed by atoms with Gasteiger partial charge in [-0.1, -0.05) is 48.5 Å². The van der Waals surface area contributed by atoms with Crippen molar-refractivity contribution in [2.24, 2.45) is 0 Å². The fourth-order valence-corrected chi connectivity index (χ4v) is 3.17. The molecule has 0 radical (unpaired) electrons. The van der Waals surface area contributed by atoms with E-state index in [2.05, 4.69) is 21.2 Å². The first-order valence-electron chi connectivity index (χ1n) is 7.87. The molecule has 25 heavy (non-hydrogen) atoms. The predicted octanol–water partition coefficient (Wildman–Crippen LogP) is 4.31. The molecular weight excluding hydrogens is 382 g/mol. The van der Waals surface area contributed by atoms with Crippen molar-refractivity contribution in [2.75, 3.05) is 13.7 Å². The molecule has 3 aromatic carbocycles. The maximum absolute atomic E-state index is 12.1. The minimum absolute atomic E-state index is 0.0495. The Kier molecular flexibility index (Phi) is 5.56. The summed E-state index contributed by atoms with van der Waals surface area (Å²) in [4.78, 5) is 12.1. The van der Waals surface area contributed by atoms with Crippen molar-refractivity contribution in [1.82, 2.24) is 5.32 Å². The van der Waals surface area contributed by atoms with Crippen LogP contribution in [0.15, 0.2) is 65.1 Å². The van der Waals surface area contributed by atoms with Crippen LogP contribution in [0.2, 0.25) is 0 Å². The molecule has 0 heterocycles. The van der Waals surface area contributed by atoms with E-state index >= 15 is 0 Å². The summed E-state index contributed by atoms with van der Waals surface area (Å²) in [5, 5.41) is 5.00. The van der Waals surface area contributed by atoms with Crippen LogP contribution in [0.1, 0.15) is 5.56 Å². The number of hydrogen-bond acceptors (Lipinski definition) is 3. The zero-order valence-electron chi connectivity index (χ0n) is 13.8. The summed E-state index contributed by atoms with van der Waals surface area (Å²) >= 11 is 3.55. The summed E-state index contributed by atoms with van der Waals surface area (Å²) < 4.78 is 11.8. The number of para-hydroxylation sites is 1. The van der Waals surface area contributed by atoms with Crippen LogP contribution < -0.4 is 14.8 Å². The number of methoxy groups -OCH3 is 1. The summed E-state index contributed by atoms with van der Waals surface area (Å²) in [6.07, 6.45) is 0. The van der Waals surface area contributed by atoms with Gasteiger partial charge in [0.2, 0.25) is 0 Å². The van der Waals surface area contributed by atoms with Gasteiger partial charge in [0, 0.05) is 12.1 Å². The number of nitrogens with one attached hydrogen (secondary N) is 1. The number of rotatable bonds is 6. The van der Waals surface area contributed by atoms with Crippen LogP contribution in [0.5, 0.6) is 11.5 Å². The highest BCUT2D eigenvalue weighted by Crippen LogP contribution is 2.32. The minimum Gasteiger partial charge on any atom is -0.496 e. The summed E-state index contributed by atoms with van der Waals surface area (Å²) in [6, 6.07) is 19.4. The zero-order valence-corrected chi connectivity index (χ0v) is 15.4. The predicted molar refractivity (Wildman–Crippen MR) is 102 cm³/mol. The van der Waals surface area contributed by atoms with Crippen LogP contribution in [0, 0.1) is 0 Å². The molecule has 0 fully saturated rings. The third-order valence-electron chi connectivity index (χ3n) is 3.86. The molecule has 0 aliphatic heterocycles. The number of fused-ring (bicyclic) bond motifs is 1. The second kappa shape index (κ2) is 8.03. The third-order valence-corrected chi connectivity index (χ3v) is 4.67. The van der Waals surface area contributed by atoms with E-state index in [9.17, 15) is 4.79 Å². The van der Waals surface area contributed by atoms with Gasteiger partial charge in [0.1, 0.15) is 11.5 Å². The van der Waals surface area contributed by atoms with Gasteiger partial charge >= 0.3 is 0 Å².